The summed E-state index contributed by atoms with van der Waals surface area (Å²) in [4.78, 5) is 22.6. The van der Waals surface area contributed by atoms with Crippen LogP contribution in [0.5, 0.6) is 0 Å². The molecule has 0 bridgehead atoms. The first kappa shape index (κ1) is 16.1. The Labute approximate surface area is 138 Å². The number of hydrogen-bond donors (Lipinski definition) is 0. The molecule has 1 aromatic carbocycles. The molecule has 1 aliphatic heterocycles. The lowest BCUT2D eigenvalue weighted by molar-refractivity contribution is -0.385. The van der Waals surface area contributed by atoms with E-state index in [1.807, 2.05) is 11.9 Å². The first-order chi connectivity index (χ1) is 11.6. The van der Waals surface area contributed by atoms with Gasteiger partial charge in [-0.1, -0.05) is 0 Å². The minimum absolute atomic E-state index is 0.168. The Bertz CT molecular complexity index is 720. The van der Waals surface area contributed by atoms with Gasteiger partial charge in [0.05, 0.1) is 16.7 Å². The Kier molecular flexibility index (Phi) is 4.54. The molecule has 0 unspecified atom stereocenters. The van der Waals surface area contributed by atoms with Gasteiger partial charge in [-0.3, -0.25) is 10.1 Å². The summed E-state index contributed by atoms with van der Waals surface area (Å²) < 4.78 is 14.2. The standard InChI is InChI=1S/C16H18FN5O2/c1-20(15-4-3-13(22(23)24)11-14(15)17)12-5-9-21(10-6-12)16-18-7-2-8-19-16/h2-4,7-8,11-12H,5-6,9-10H2,1H3. The highest BCUT2D eigenvalue weighted by molar-refractivity contribution is 5.52. The van der Waals surface area contributed by atoms with Crippen molar-refractivity contribution in [1.29, 1.82) is 0 Å². The summed E-state index contributed by atoms with van der Waals surface area (Å²) in [6.07, 6.45) is 5.11. The van der Waals surface area contributed by atoms with Crippen LogP contribution in [0.2, 0.25) is 0 Å². The molecule has 0 saturated carbocycles. The second kappa shape index (κ2) is 6.77. The molecule has 1 aromatic heterocycles. The van der Waals surface area contributed by atoms with Crippen LogP contribution in [0, 0.1) is 15.9 Å². The molecule has 126 valence electrons. The Morgan fingerprint density at radius 3 is 2.54 bits per heavy atom. The molecule has 1 fully saturated rings. The second-order valence-electron chi connectivity index (χ2n) is 5.77. The van der Waals surface area contributed by atoms with Crippen molar-refractivity contribution in [3.05, 3.63) is 52.6 Å². The van der Waals surface area contributed by atoms with Gasteiger partial charge in [-0.15, -0.1) is 0 Å². The van der Waals surface area contributed by atoms with Crippen molar-refractivity contribution < 1.29 is 9.31 Å². The van der Waals surface area contributed by atoms with Gasteiger partial charge in [0.1, 0.15) is 0 Å². The van der Waals surface area contributed by atoms with Crippen LogP contribution in [-0.2, 0) is 0 Å². The maximum atomic E-state index is 14.2. The lowest BCUT2D eigenvalue weighted by Crippen LogP contribution is -2.44. The number of non-ortho nitro benzene ring substituents is 1. The first-order valence-corrected chi connectivity index (χ1v) is 7.75. The van der Waals surface area contributed by atoms with Crippen LogP contribution in [0.4, 0.5) is 21.7 Å². The number of nitrogens with zero attached hydrogens (tertiary/aromatic N) is 5. The van der Waals surface area contributed by atoms with Crippen molar-refractivity contribution in [3.63, 3.8) is 0 Å². The maximum Gasteiger partial charge on any atom is 0.272 e. The van der Waals surface area contributed by atoms with E-state index in [1.165, 1.54) is 12.1 Å². The summed E-state index contributed by atoms with van der Waals surface area (Å²) in [6.45, 7) is 1.57. The molecule has 2 aromatic rings. The Morgan fingerprint density at radius 1 is 1.29 bits per heavy atom. The molecule has 0 aliphatic carbocycles. The molecule has 0 N–H and O–H groups in total. The molecule has 7 nitrogen and oxygen atoms in total. The van der Waals surface area contributed by atoms with E-state index in [0.29, 0.717) is 11.6 Å². The van der Waals surface area contributed by atoms with Crippen LogP contribution in [0.25, 0.3) is 0 Å². The van der Waals surface area contributed by atoms with Crippen molar-refractivity contribution in [2.24, 2.45) is 0 Å². The smallest absolute Gasteiger partial charge is 0.272 e. The van der Waals surface area contributed by atoms with E-state index in [1.54, 1.807) is 18.5 Å². The van der Waals surface area contributed by atoms with Gasteiger partial charge >= 0.3 is 0 Å². The normalized spacial score (nSPS) is 15.3. The van der Waals surface area contributed by atoms with Gasteiger partial charge in [0.25, 0.3) is 5.69 Å². The zero-order chi connectivity index (χ0) is 17.1. The summed E-state index contributed by atoms with van der Waals surface area (Å²) in [7, 11) is 1.82. The predicted octanol–water partition coefficient (Wildman–Crippen LogP) is 2.63. The Hall–Kier alpha value is -2.77. The van der Waals surface area contributed by atoms with E-state index in [4.69, 9.17) is 0 Å². The first-order valence-electron chi connectivity index (χ1n) is 7.75. The van der Waals surface area contributed by atoms with Gasteiger partial charge in [0.2, 0.25) is 5.95 Å². The average Bonchev–Trinajstić information content (AvgIpc) is 2.62. The summed E-state index contributed by atoms with van der Waals surface area (Å²) in [5.74, 6) is 0.139. The van der Waals surface area contributed by atoms with Gasteiger partial charge in [-0.2, -0.15) is 0 Å². The number of aromatic nitrogens is 2. The van der Waals surface area contributed by atoms with Crippen LogP contribution in [0.15, 0.2) is 36.7 Å². The SMILES string of the molecule is CN(c1ccc([N+](=O)[O-])cc1F)C1CCN(c2ncccn2)CC1. The number of halogens is 1. The topological polar surface area (TPSA) is 75.4 Å². The summed E-state index contributed by atoms with van der Waals surface area (Å²) in [5.41, 5.74) is 0.149. The second-order valence-corrected chi connectivity index (χ2v) is 5.77. The summed E-state index contributed by atoms with van der Waals surface area (Å²) in [6, 6.07) is 5.73. The van der Waals surface area contributed by atoms with Gasteiger partial charge in [0, 0.05) is 44.6 Å². The fourth-order valence-corrected chi connectivity index (χ4v) is 3.00. The molecule has 0 amide bonds. The van der Waals surface area contributed by atoms with E-state index in [0.717, 1.165) is 32.0 Å². The fourth-order valence-electron chi connectivity index (χ4n) is 3.00. The third-order valence-corrected chi connectivity index (χ3v) is 4.37. The summed E-state index contributed by atoms with van der Waals surface area (Å²) >= 11 is 0. The third kappa shape index (κ3) is 3.27. The van der Waals surface area contributed by atoms with Gasteiger partial charge in [-0.25, -0.2) is 14.4 Å². The zero-order valence-corrected chi connectivity index (χ0v) is 13.3. The number of nitro benzene ring substituents is 1. The third-order valence-electron chi connectivity index (χ3n) is 4.37. The van der Waals surface area contributed by atoms with Crippen molar-refractivity contribution in [2.75, 3.05) is 29.9 Å². The van der Waals surface area contributed by atoms with E-state index < -0.39 is 10.7 Å². The monoisotopic (exact) mass is 331 g/mol. The number of benzene rings is 1. The highest BCUT2D eigenvalue weighted by atomic mass is 19.1. The molecule has 8 heteroatoms. The molecule has 0 spiro atoms. The highest BCUT2D eigenvalue weighted by Gasteiger charge is 2.25. The minimum Gasteiger partial charge on any atom is -0.369 e. The van der Waals surface area contributed by atoms with Crippen LogP contribution in [0.1, 0.15) is 12.8 Å². The molecule has 2 heterocycles. The van der Waals surface area contributed by atoms with Crippen LogP contribution in [-0.4, -0.2) is 41.1 Å². The van der Waals surface area contributed by atoms with E-state index in [-0.39, 0.29) is 11.7 Å². The van der Waals surface area contributed by atoms with Crippen LogP contribution in [0.3, 0.4) is 0 Å². The predicted molar refractivity (Wildman–Crippen MR) is 88.7 cm³/mol. The molecular weight excluding hydrogens is 313 g/mol. The van der Waals surface area contributed by atoms with Crippen LogP contribution >= 0.6 is 0 Å². The Morgan fingerprint density at radius 2 is 1.96 bits per heavy atom. The van der Waals surface area contributed by atoms with E-state index in [2.05, 4.69) is 14.9 Å². The molecule has 24 heavy (non-hydrogen) atoms. The van der Waals surface area contributed by atoms with E-state index in [9.17, 15) is 14.5 Å². The lowest BCUT2D eigenvalue weighted by atomic mass is 10.0. The number of piperidine rings is 1. The largest absolute Gasteiger partial charge is 0.369 e. The number of nitro groups is 1. The lowest BCUT2D eigenvalue weighted by Gasteiger charge is -2.37. The van der Waals surface area contributed by atoms with Gasteiger partial charge in [0.15, 0.2) is 5.82 Å². The van der Waals surface area contributed by atoms with Gasteiger partial charge in [-0.05, 0) is 25.0 Å². The zero-order valence-electron chi connectivity index (χ0n) is 13.3. The quantitative estimate of drug-likeness (QED) is 0.633. The summed E-state index contributed by atoms with van der Waals surface area (Å²) in [5, 5.41) is 10.7. The molecular formula is C16H18FN5O2. The highest BCUT2D eigenvalue weighted by Crippen LogP contribution is 2.28. The van der Waals surface area contributed by atoms with Gasteiger partial charge < -0.3 is 9.80 Å². The molecule has 0 atom stereocenters. The number of anilines is 2. The van der Waals surface area contributed by atoms with Crippen LogP contribution < -0.4 is 9.80 Å². The van der Waals surface area contributed by atoms with Crippen molar-refractivity contribution in [1.82, 2.24) is 9.97 Å². The molecule has 1 saturated heterocycles. The molecule has 3 rings (SSSR count). The fraction of sp³-hybridized carbons (Fsp3) is 0.375. The minimum atomic E-state index is -0.592. The molecule has 1 aliphatic rings. The Balaban J connectivity index is 1.67. The average molecular weight is 331 g/mol. The van der Waals surface area contributed by atoms with Crippen molar-refractivity contribution >= 4 is 17.3 Å². The number of rotatable bonds is 4. The van der Waals surface area contributed by atoms with Crippen molar-refractivity contribution in [3.8, 4) is 0 Å². The van der Waals surface area contributed by atoms with Crippen molar-refractivity contribution in [2.45, 2.75) is 18.9 Å². The van der Waals surface area contributed by atoms with E-state index >= 15 is 0 Å². The number of hydrogen-bond acceptors (Lipinski definition) is 6. The molecule has 0 radical (unpaired) electrons. The maximum absolute atomic E-state index is 14.2.